The molecule has 1 aliphatic rings. The molecule has 1 N–H and O–H groups in total. The first-order chi connectivity index (χ1) is 8.79. The maximum Gasteiger partial charge on any atom is 0.0509 e. The monoisotopic (exact) mass is 247 g/mol. The molecule has 0 aromatic heterocycles. The molecular weight excluding hydrogens is 222 g/mol. The zero-order valence-electron chi connectivity index (χ0n) is 11.6. The van der Waals surface area contributed by atoms with Crippen LogP contribution in [0, 0.1) is 12.8 Å². The quantitative estimate of drug-likeness (QED) is 0.864. The molecule has 0 amide bonds. The summed E-state index contributed by atoms with van der Waals surface area (Å²) < 4.78 is 5.63. The summed E-state index contributed by atoms with van der Waals surface area (Å²) in [7, 11) is 0. The molecule has 0 radical (unpaired) electrons. The van der Waals surface area contributed by atoms with Crippen LogP contribution in [0.2, 0.25) is 0 Å². The third-order valence-corrected chi connectivity index (χ3v) is 3.81. The molecule has 0 bridgehead atoms. The highest BCUT2D eigenvalue weighted by Crippen LogP contribution is 2.20. The first-order valence-corrected chi connectivity index (χ1v) is 7.16. The minimum Gasteiger partial charge on any atom is -0.381 e. The largest absolute Gasteiger partial charge is 0.381 e. The summed E-state index contributed by atoms with van der Waals surface area (Å²) in [5.41, 5.74) is 2.76. The Morgan fingerprint density at radius 2 is 2.11 bits per heavy atom. The Morgan fingerprint density at radius 3 is 2.72 bits per heavy atom. The van der Waals surface area contributed by atoms with Crippen LogP contribution in [0.1, 0.15) is 30.9 Å². The van der Waals surface area contributed by atoms with Crippen molar-refractivity contribution in [1.82, 2.24) is 5.32 Å². The minimum absolute atomic E-state index is 0.554. The molecule has 2 unspecified atom stereocenters. The van der Waals surface area contributed by atoms with Crippen molar-refractivity contribution in [1.29, 1.82) is 0 Å². The van der Waals surface area contributed by atoms with Gasteiger partial charge in [0.05, 0.1) is 6.61 Å². The highest BCUT2D eigenvalue weighted by atomic mass is 16.5. The topological polar surface area (TPSA) is 21.3 Å². The number of likely N-dealkylation sites (N-methyl/N-ethyl adjacent to an activating group) is 1. The van der Waals surface area contributed by atoms with Crippen LogP contribution in [-0.4, -0.2) is 25.8 Å². The summed E-state index contributed by atoms with van der Waals surface area (Å²) in [5, 5.41) is 3.64. The summed E-state index contributed by atoms with van der Waals surface area (Å²) >= 11 is 0. The van der Waals surface area contributed by atoms with Crippen LogP contribution in [-0.2, 0) is 11.2 Å². The summed E-state index contributed by atoms with van der Waals surface area (Å²) in [6.45, 7) is 7.22. The molecule has 2 rings (SSSR count). The molecule has 2 atom stereocenters. The molecule has 0 spiro atoms. The number of hydrogen-bond acceptors (Lipinski definition) is 2. The van der Waals surface area contributed by atoms with Crippen LogP contribution in [0.5, 0.6) is 0 Å². The summed E-state index contributed by atoms with van der Waals surface area (Å²) in [6.07, 6.45) is 3.62. The van der Waals surface area contributed by atoms with Crippen molar-refractivity contribution in [2.75, 3.05) is 19.8 Å². The van der Waals surface area contributed by atoms with E-state index in [0.29, 0.717) is 12.0 Å². The van der Waals surface area contributed by atoms with E-state index in [9.17, 15) is 0 Å². The fourth-order valence-electron chi connectivity index (χ4n) is 2.73. The van der Waals surface area contributed by atoms with Gasteiger partial charge in [-0.15, -0.1) is 0 Å². The summed E-state index contributed by atoms with van der Waals surface area (Å²) in [6, 6.07) is 9.47. The van der Waals surface area contributed by atoms with Gasteiger partial charge in [0.25, 0.3) is 0 Å². The van der Waals surface area contributed by atoms with E-state index in [1.165, 1.54) is 24.0 Å². The lowest BCUT2D eigenvalue weighted by atomic mass is 9.89. The number of aryl methyl sites for hydroxylation is 1. The Hall–Kier alpha value is -0.860. The number of rotatable bonds is 5. The molecule has 1 heterocycles. The van der Waals surface area contributed by atoms with Gasteiger partial charge in [0.15, 0.2) is 0 Å². The second-order valence-electron chi connectivity index (χ2n) is 5.33. The van der Waals surface area contributed by atoms with Gasteiger partial charge in [0.1, 0.15) is 0 Å². The van der Waals surface area contributed by atoms with Crippen LogP contribution in [0.25, 0.3) is 0 Å². The third kappa shape index (κ3) is 3.82. The van der Waals surface area contributed by atoms with Crippen molar-refractivity contribution in [3.05, 3.63) is 35.4 Å². The zero-order valence-corrected chi connectivity index (χ0v) is 11.6. The van der Waals surface area contributed by atoms with Gasteiger partial charge < -0.3 is 10.1 Å². The van der Waals surface area contributed by atoms with E-state index < -0.39 is 0 Å². The van der Waals surface area contributed by atoms with Gasteiger partial charge in [0.2, 0.25) is 0 Å². The van der Waals surface area contributed by atoms with Gasteiger partial charge in [-0.05, 0) is 44.2 Å². The zero-order chi connectivity index (χ0) is 12.8. The molecule has 1 aliphatic heterocycles. The van der Waals surface area contributed by atoms with Crippen LogP contribution >= 0.6 is 0 Å². The summed E-state index contributed by atoms with van der Waals surface area (Å²) in [5.74, 6) is 0.667. The number of nitrogens with one attached hydrogen (secondary N) is 1. The number of hydrogen-bond donors (Lipinski definition) is 1. The van der Waals surface area contributed by atoms with Crippen LogP contribution in [0.4, 0.5) is 0 Å². The lowest BCUT2D eigenvalue weighted by Gasteiger charge is -2.31. The van der Waals surface area contributed by atoms with E-state index in [-0.39, 0.29) is 0 Å². The van der Waals surface area contributed by atoms with Crippen LogP contribution < -0.4 is 5.32 Å². The van der Waals surface area contributed by atoms with Crippen molar-refractivity contribution in [3.63, 3.8) is 0 Å². The Kier molecular flexibility index (Phi) is 5.21. The van der Waals surface area contributed by atoms with Gasteiger partial charge >= 0.3 is 0 Å². The van der Waals surface area contributed by atoms with E-state index in [2.05, 4.69) is 43.4 Å². The molecular formula is C16H25NO. The molecule has 100 valence electrons. The first kappa shape index (κ1) is 13.6. The van der Waals surface area contributed by atoms with E-state index in [0.717, 1.165) is 26.2 Å². The average molecular weight is 247 g/mol. The van der Waals surface area contributed by atoms with Crippen LogP contribution in [0.3, 0.4) is 0 Å². The molecule has 1 aromatic rings. The Labute approximate surface area is 111 Å². The predicted molar refractivity (Wildman–Crippen MR) is 75.9 cm³/mol. The van der Waals surface area contributed by atoms with Crippen molar-refractivity contribution in [3.8, 4) is 0 Å². The normalized spacial score (nSPS) is 21.8. The fraction of sp³-hybridized carbons (Fsp3) is 0.625. The highest BCUT2D eigenvalue weighted by molar-refractivity contribution is 5.22. The molecule has 2 nitrogen and oxygen atoms in total. The number of ether oxygens (including phenoxy) is 1. The van der Waals surface area contributed by atoms with Crippen molar-refractivity contribution >= 4 is 0 Å². The van der Waals surface area contributed by atoms with Gasteiger partial charge in [-0.25, -0.2) is 0 Å². The second kappa shape index (κ2) is 6.91. The molecule has 1 aromatic carbocycles. The maximum absolute atomic E-state index is 5.63. The Balaban J connectivity index is 1.98. The molecule has 1 saturated heterocycles. The smallest absolute Gasteiger partial charge is 0.0509 e. The van der Waals surface area contributed by atoms with Gasteiger partial charge in [-0.2, -0.15) is 0 Å². The third-order valence-electron chi connectivity index (χ3n) is 3.81. The standard InChI is InChI=1S/C16H25NO/c1-3-17-16(15-5-4-10-18-12-15)11-14-8-6-13(2)7-9-14/h6-9,15-17H,3-5,10-12H2,1-2H3. The second-order valence-corrected chi connectivity index (χ2v) is 5.33. The molecule has 0 saturated carbocycles. The van der Waals surface area contributed by atoms with Crippen LogP contribution in [0.15, 0.2) is 24.3 Å². The predicted octanol–water partition coefficient (Wildman–Crippen LogP) is 2.94. The van der Waals surface area contributed by atoms with E-state index >= 15 is 0 Å². The van der Waals surface area contributed by atoms with E-state index in [1.54, 1.807) is 0 Å². The van der Waals surface area contributed by atoms with Crippen molar-refractivity contribution < 1.29 is 4.74 Å². The van der Waals surface area contributed by atoms with Crippen molar-refractivity contribution in [2.24, 2.45) is 5.92 Å². The Bertz CT molecular complexity index is 341. The van der Waals surface area contributed by atoms with Crippen molar-refractivity contribution in [2.45, 2.75) is 39.2 Å². The molecule has 2 heteroatoms. The van der Waals surface area contributed by atoms with Gasteiger partial charge in [0, 0.05) is 12.6 Å². The maximum atomic E-state index is 5.63. The van der Waals surface area contributed by atoms with Gasteiger partial charge in [-0.3, -0.25) is 0 Å². The number of benzene rings is 1. The van der Waals surface area contributed by atoms with E-state index in [1.807, 2.05) is 0 Å². The minimum atomic E-state index is 0.554. The van der Waals surface area contributed by atoms with E-state index in [4.69, 9.17) is 4.74 Å². The lowest BCUT2D eigenvalue weighted by Crippen LogP contribution is -2.41. The fourth-order valence-corrected chi connectivity index (χ4v) is 2.73. The highest BCUT2D eigenvalue weighted by Gasteiger charge is 2.23. The van der Waals surface area contributed by atoms with Gasteiger partial charge in [-0.1, -0.05) is 36.8 Å². The molecule has 1 fully saturated rings. The lowest BCUT2D eigenvalue weighted by molar-refractivity contribution is 0.0396. The average Bonchev–Trinajstić information content (AvgIpc) is 2.42. The SMILES string of the molecule is CCNC(Cc1ccc(C)cc1)C1CCCOC1. The summed E-state index contributed by atoms with van der Waals surface area (Å²) in [4.78, 5) is 0. The molecule has 0 aliphatic carbocycles. The molecule has 18 heavy (non-hydrogen) atoms. The first-order valence-electron chi connectivity index (χ1n) is 7.16. The Morgan fingerprint density at radius 1 is 1.33 bits per heavy atom.